The summed E-state index contributed by atoms with van der Waals surface area (Å²) >= 11 is 0. The molecule has 90 valence electrons. The second-order valence-corrected chi connectivity index (χ2v) is 4.64. The summed E-state index contributed by atoms with van der Waals surface area (Å²) in [5.74, 6) is 0.923. The van der Waals surface area contributed by atoms with Crippen LogP contribution in [0.25, 0.3) is 0 Å². The highest BCUT2D eigenvalue weighted by Crippen LogP contribution is 2.15. The van der Waals surface area contributed by atoms with Gasteiger partial charge >= 0.3 is 0 Å². The first kappa shape index (κ1) is 11.6. The van der Waals surface area contributed by atoms with Gasteiger partial charge in [-0.3, -0.25) is 4.90 Å². The summed E-state index contributed by atoms with van der Waals surface area (Å²) in [6, 6.07) is 2.66. The number of nitrogens with two attached hydrogens (primary N) is 1. The quantitative estimate of drug-likeness (QED) is 0.826. The molecule has 1 aromatic heterocycles. The molecule has 0 spiro atoms. The fraction of sp³-hybridized carbons (Fsp3) is 0.667. The van der Waals surface area contributed by atoms with E-state index in [9.17, 15) is 0 Å². The molecule has 1 aromatic rings. The molecule has 0 amide bonds. The van der Waals surface area contributed by atoms with Crippen molar-refractivity contribution in [3.63, 3.8) is 0 Å². The largest absolute Gasteiger partial charge is 0.468 e. The van der Waals surface area contributed by atoms with E-state index in [1.165, 1.54) is 5.56 Å². The Morgan fingerprint density at radius 1 is 1.50 bits per heavy atom. The molecule has 0 aliphatic carbocycles. The summed E-state index contributed by atoms with van der Waals surface area (Å²) < 4.78 is 5.34. The first-order valence-corrected chi connectivity index (χ1v) is 5.88. The average Bonchev–Trinajstić information content (AvgIpc) is 2.71. The van der Waals surface area contributed by atoms with E-state index in [1.54, 1.807) is 6.26 Å². The van der Waals surface area contributed by atoms with Crippen LogP contribution in [0.15, 0.2) is 16.7 Å². The molecule has 0 aromatic carbocycles. The zero-order chi connectivity index (χ0) is 11.5. The van der Waals surface area contributed by atoms with E-state index >= 15 is 0 Å². The normalized spacial score (nSPS) is 23.8. The van der Waals surface area contributed by atoms with E-state index in [0.717, 1.165) is 31.9 Å². The number of nitrogens with zero attached hydrogens (tertiary/aromatic N) is 2. The summed E-state index contributed by atoms with van der Waals surface area (Å²) in [5.41, 5.74) is 6.86. The van der Waals surface area contributed by atoms with Gasteiger partial charge in [0.15, 0.2) is 0 Å². The van der Waals surface area contributed by atoms with E-state index in [1.807, 2.05) is 6.07 Å². The maximum absolute atomic E-state index is 5.63. The molecule has 1 unspecified atom stereocenters. The lowest BCUT2D eigenvalue weighted by atomic mass is 10.1. The van der Waals surface area contributed by atoms with Gasteiger partial charge in [0.2, 0.25) is 0 Å². The van der Waals surface area contributed by atoms with Gasteiger partial charge in [-0.15, -0.1) is 0 Å². The van der Waals surface area contributed by atoms with Crippen LogP contribution in [0.1, 0.15) is 18.2 Å². The summed E-state index contributed by atoms with van der Waals surface area (Å²) in [4.78, 5) is 4.87. The number of likely N-dealkylation sites (N-methyl/N-ethyl adjacent to an activating group) is 1. The minimum Gasteiger partial charge on any atom is -0.468 e. The molecule has 1 atom stereocenters. The van der Waals surface area contributed by atoms with Gasteiger partial charge in [0.05, 0.1) is 12.8 Å². The molecule has 1 fully saturated rings. The van der Waals surface area contributed by atoms with Crippen LogP contribution < -0.4 is 5.73 Å². The van der Waals surface area contributed by atoms with Gasteiger partial charge in [-0.25, -0.2) is 0 Å². The van der Waals surface area contributed by atoms with Gasteiger partial charge in [-0.2, -0.15) is 0 Å². The molecule has 2 rings (SSSR count). The zero-order valence-corrected chi connectivity index (χ0v) is 10.1. The smallest absolute Gasteiger partial charge is 0.121 e. The highest BCUT2D eigenvalue weighted by molar-refractivity contribution is 5.16. The van der Waals surface area contributed by atoms with Crippen LogP contribution in [0.2, 0.25) is 0 Å². The molecule has 2 N–H and O–H groups in total. The van der Waals surface area contributed by atoms with Crippen molar-refractivity contribution < 1.29 is 4.42 Å². The lowest BCUT2D eigenvalue weighted by molar-refractivity contribution is 0.0995. The van der Waals surface area contributed by atoms with Gasteiger partial charge in [0, 0.05) is 37.8 Å². The molecule has 1 aliphatic heterocycles. The summed E-state index contributed by atoms with van der Waals surface area (Å²) in [5, 5.41) is 0. The molecule has 2 heterocycles. The van der Waals surface area contributed by atoms with E-state index in [4.69, 9.17) is 10.2 Å². The Labute approximate surface area is 97.0 Å². The Bertz CT molecular complexity index is 337. The first-order chi connectivity index (χ1) is 7.70. The molecule has 1 saturated heterocycles. The Morgan fingerprint density at radius 3 is 3.00 bits per heavy atom. The van der Waals surface area contributed by atoms with E-state index in [-0.39, 0.29) is 0 Å². The van der Waals surface area contributed by atoms with Gasteiger partial charge in [0.25, 0.3) is 0 Å². The van der Waals surface area contributed by atoms with Gasteiger partial charge in [-0.1, -0.05) is 0 Å². The lowest BCUT2D eigenvalue weighted by Gasteiger charge is -2.37. The van der Waals surface area contributed by atoms with Crippen LogP contribution in [-0.2, 0) is 13.1 Å². The van der Waals surface area contributed by atoms with E-state index in [0.29, 0.717) is 12.6 Å². The van der Waals surface area contributed by atoms with Crippen molar-refractivity contribution in [3.05, 3.63) is 23.7 Å². The number of piperazine rings is 1. The minimum atomic E-state index is 0.492. The topological polar surface area (TPSA) is 45.6 Å². The summed E-state index contributed by atoms with van der Waals surface area (Å²) in [7, 11) is 2.19. The molecular weight excluding hydrogens is 202 g/mol. The fourth-order valence-corrected chi connectivity index (χ4v) is 2.20. The fourth-order valence-electron chi connectivity index (χ4n) is 2.20. The SMILES string of the molecule is CC1CN(Cc2ccoc2CN)CCN1C. The Morgan fingerprint density at radius 2 is 2.31 bits per heavy atom. The molecule has 0 bridgehead atoms. The van der Waals surface area contributed by atoms with Crippen molar-refractivity contribution in [3.8, 4) is 0 Å². The monoisotopic (exact) mass is 223 g/mol. The van der Waals surface area contributed by atoms with Crippen LogP contribution in [0, 0.1) is 0 Å². The van der Waals surface area contributed by atoms with Crippen LogP contribution in [0.5, 0.6) is 0 Å². The molecule has 4 nitrogen and oxygen atoms in total. The number of hydrogen-bond donors (Lipinski definition) is 1. The van der Waals surface area contributed by atoms with Crippen LogP contribution in [0.3, 0.4) is 0 Å². The van der Waals surface area contributed by atoms with E-state index < -0.39 is 0 Å². The van der Waals surface area contributed by atoms with Crippen molar-refractivity contribution in [2.75, 3.05) is 26.7 Å². The molecule has 0 saturated carbocycles. The highest BCUT2D eigenvalue weighted by Gasteiger charge is 2.21. The Hall–Kier alpha value is -0.840. The van der Waals surface area contributed by atoms with Crippen LogP contribution in [0.4, 0.5) is 0 Å². The minimum absolute atomic E-state index is 0.492. The van der Waals surface area contributed by atoms with Gasteiger partial charge in [-0.05, 0) is 20.0 Å². The highest BCUT2D eigenvalue weighted by atomic mass is 16.3. The van der Waals surface area contributed by atoms with Gasteiger partial charge < -0.3 is 15.1 Å². The third-order valence-electron chi connectivity index (χ3n) is 3.46. The summed E-state index contributed by atoms with van der Waals surface area (Å²) in [6.45, 7) is 7.09. The zero-order valence-electron chi connectivity index (χ0n) is 10.1. The third kappa shape index (κ3) is 2.45. The van der Waals surface area contributed by atoms with E-state index in [2.05, 4.69) is 23.8 Å². The maximum Gasteiger partial charge on any atom is 0.121 e. The molecule has 1 aliphatic rings. The Kier molecular flexibility index (Phi) is 3.63. The van der Waals surface area contributed by atoms with Crippen LogP contribution in [-0.4, -0.2) is 42.5 Å². The Balaban J connectivity index is 1.95. The lowest BCUT2D eigenvalue weighted by Crippen LogP contribution is -2.49. The molecule has 0 radical (unpaired) electrons. The number of furan rings is 1. The van der Waals surface area contributed by atoms with Crippen molar-refractivity contribution in [1.29, 1.82) is 0 Å². The maximum atomic E-state index is 5.63. The molecule has 16 heavy (non-hydrogen) atoms. The predicted molar refractivity (Wildman–Crippen MR) is 64.0 cm³/mol. The average molecular weight is 223 g/mol. The van der Waals surface area contributed by atoms with Crippen molar-refractivity contribution in [2.45, 2.75) is 26.1 Å². The van der Waals surface area contributed by atoms with Crippen molar-refractivity contribution in [1.82, 2.24) is 9.80 Å². The molecule has 4 heteroatoms. The first-order valence-electron chi connectivity index (χ1n) is 5.88. The summed E-state index contributed by atoms with van der Waals surface area (Å²) in [6.07, 6.45) is 1.73. The number of hydrogen-bond acceptors (Lipinski definition) is 4. The van der Waals surface area contributed by atoms with Crippen LogP contribution >= 0.6 is 0 Å². The van der Waals surface area contributed by atoms with Crippen molar-refractivity contribution >= 4 is 0 Å². The standard InChI is InChI=1S/C12H21N3O/c1-10-8-15(5-4-14(10)2)9-11-3-6-16-12(11)7-13/h3,6,10H,4-5,7-9,13H2,1-2H3. The molecular formula is C12H21N3O. The second-order valence-electron chi connectivity index (χ2n) is 4.64. The third-order valence-corrected chi connectivity index (χ3v) is 3.46. The van der Waals surface area contributed by atoms with Crippen molar-refractivity contribution in [2.24, 2.45) is 5.73 Å². The van der Waals surface area contributed by atoms with Gasteiger partial charge in [0.1, 0.15) is 5.76 Å². The predicted octanol–water partition coefficient (Wildman–Crippen LogP) is 0.874. The second kappa shape index (κ2) is 4.99. The number of rotatable bonds is 3.